The molecule has 0 saturated heterocycles. The van der Waals surface area contributed by atoms with Gasteiger partial charge >= 0.3 is 0 Å². The number of hydrogen-bond acceptors (Lipinski definition) is 4. The molecule has 13 heavy (non-hydrogen) atoms. The maximum atomic E-state index is 4.41. The van der Waals surface area contributed by atoms with E-state index in [4.69, 9.17) is 0 Å². The lowest BCUT2D eigenvalue weighted by atomic mass is 10.5. The summed E-state index contributed by atoms with van der Waals surface area (Å²) in [6.45, 7) is 8.49. The third-order valence-electron chi connectivity index (χ3n) is 1.58. The molecule has 1 N–H and O–H groups in total. The zero-order chi connectivity index (χ0) is 9.68. The first kappa shape index (κ1) is 11.0. The molecular formula is C9H16N2S2. The van der Waals surface area contributed by atoms with Crippen LogP contribution in [0.2, 0.25) is 0 Å². The number of hydrogen-bond donors (Lipinski definition) is 1. The average molecular weight is 216 g/mol. The highest BCUT2D eigenvalue weighted by Gasteiger charge is 2.06. The Balaban J connectivity index is 2.31. The van der Waals surface area contributed by atoms with Crippen LogP contribution in [-0.2, 0) is 0 Å². The van der Waals surface area contributed by atoms with Crippen LogP contribution in [0, 0.1) is 6.92 Å². The quantitative estimate of drug-likeness (QED) is 0.766. The molecule has 0 aliphatic heterocycles. The Morgan fingerprint density at radius 3 is 3.00 bits per heavy atom. The van der Waals surface area contributed by atoms with Crippen molar-refractivity contribution in [1.29, 1.82) is 0 Å². The van der Waals surface area contributed by atoms with Gasteiger partial charge in [-0.15, -0.1) is 11.3 Å². The number of aryl methyl sites for hydroxylation is 1. The second-order valence-corrected chi connectivity index (χ2v) is 5.53. The van der Waals surface area contributed by atoms with Crippen molar-refractivity contribution in [2.75, 3.05) is 13.1 Å². The predicted molar refractivity (Wildman–Crippen MR) is 60.7 cm³/mol. The molecule has 0 fully saturated rings. The number of nitrogens with zero attached hydrogens (tertiary/aromatic N) is 1. The summed E-state index contributed by atoms with van der Waals surface area (Å²) >= 11 is 3.58. The van der Waals surface area contributed by atoms with Gasteiger partial charge < -0.3 is 5.32 Å². The summed E-state index contributed by atoms with van der Waals surface area (Å²) in [4.78, 5) is 4.41. The molecule has 0 radical (unpaired) electrons. The van der Waals surface area contributed by atoms with Crippen molar-refractivity contribution < 1.29 is 0 Å². The summed E-state index contributed by atoms with van der Waals surface area (Å²) in [5.41, 5.74) is 1.13. The molecule has 1 aromatic heterocycles. The molecule has 0 spiro atoms. The molecule has 1 atom stereocenters. The Labute approximate surface area is 88.2 Å². The summed E-state index contributed by atoms with van der Waals surface area (Å²) in [7, 11) is 0. The van der Waals surface area contributed by atoms with Crippen molar-refractivity contribution in [2.45, 2.75) is 30.4 Å². The normalized spacial score (nSPS) is 13.2. The van der Waals surface area contributed by atoms with Gasteiger partial charge in [-0.3, -0.25) is 0 Å². The highest BCUT2D eigenvalue weighted by Crippen LogP contribution is 2.25. The van der Waals surface area contributed by atoms with Crippen LogP contribution in [-0.4, -0.2) is 23.3 Å². The smallest absolute Gasteiger partial charge is 0.150 e. The van der Waals surface area contributed by atoms with Gasteiger partial charge in [0.1, 0.15) is 4.34 Å². The van der Waals surface area contributed by atoms with E-state index in [2.05, 4.69) is 29.5 Å². The predicted octanol–water partition coefficient (Wildman–Crippen LogP) is 2.54. The summed E-state index contributed by atoms with van der Waals surface area (Å²) in [5, 5.41) is 6.03. The van der Waals surface area contributed by atoms with E-state index in [1.54, 1.807) is 11.3 Å². The monoisotopic (exact) mass is 216 g/mol. The molecule has 0 aromatic carbocycles. The minimum Gasteiger partial charge on any atom is -0.316 e. The number of rotatable bonds is 5. The summed E-state index contributed by atoms with van der Waals surface area (Å²) < 4.78 is 1.18. The maximum absolute atomic E-state index is 4.41. The minimum atomic E-state index is 0.602. The molecule has 1 heterocycles. The first-order valence-electron chi connectivity index (χ1n) is 4.52. The first-order chi connectivity index (χ1) is 6.22. The molecular weight excluding hydrogens is 200 g/mol. The number of nitrogens with one attached hydrogen (secondary N) is 1. The zero-order valence-electron chi connectivity index (χ0n) is 8.33. The summed E-state index contributed by atoms with van der Waals surface area (Å²) in [6.07, 6.45) is 0. The van der Waals surface area contributed by atoms with Crippen LogP contribution in [0.5, 0.6) is 0 Å². The Bertz CT molecular complexity index is 248. The SMILES string of the molecule is CCNCC(C)Sc1nc(C)cs1. The molecule has 0 saturated carbocycles. The maximum Gasteiger partial charge on any atom is 0.150 e. The van der Waals surface area contributed by atoms with Crippen molar-refractivity contribution >= 4 is 23.1 Å². The van der Waals surface area contributed by atoms with E-state index in [1.165, 1.54) is 4.34 Å². The van der Waals surface area contributed by atoms with Gasteiger partial charge in [0.05, 0.1) is 0 Å². The van der Waals surface area contributed by atoms with Crippen molar-refractivity contribution in [3.8, 4) is 0 Å². The summed E-state index contributed by atoms with van der Waals surface area (Å²) in [5.74, 6) is 0. The van der Waals surface area contributed by atoms with E-state index in [-0.39, 0.29) is 0 Å². The van der Waals surface area contributed by atoms with Crippen LogP contribution in [0.25, 0.3) is 0 Å². The standard InChI is InChI=1S/C9H16N2S2/c1-4-10-5-8(3)13-9-11-7(2)6-12-9/h6,8,10H,4-5H2,1-3H3. The van der Waals surface area contributed by atoms with E-state index in [0.29, 0.717) is 5.25 Å². The van der Waals surface area contributed by atoms with E-state index in [9.17, 15) is 0 Å². The highest BCUT2D eigenvalue weighted by molar-refractivity contribution is 8.01. The Morgan fingerprint density at radius 2 is 2.46 bits per heavy atom. The molecule has 74 valence electrons. The molecule has 0 bridgehead atoms. The van der Waals surface area contributed by atoms with Crippen LogP contribution in [0.15, 0.2) is 9.72 Å². The Kier molecular flexibility index (Phi) is 4.77. The molecule has 2 nitrogen and oxygen atoms in total. The van der Waals surface area contributed by atoms with Crippen LogP contribution in [0.4, 0.5) is 0 Å². The fourth-order valence-electron chi connectivity index (χ4n) is 0.948. The van der Waals surface area contributed by atoms with Crippen LogP contribution >= 0.6 is 23.1 Å². The van der Waals surface area contributed by atoms with Crippen molar-refractivity contribution in [3.05, 3.63) is 11.1 Å². The third-order valence-corrected chi connectivity index (χ3v) is 3.77. The first-order valence-corrected chi connectivity index (χ1v) is 6.27. The minimum absolute atomic E-state index is 0.602. The summed E-state index contributed by atoms with van der Waals surface area (Å²) in [6, 6.07) is 0. The molecule has 4 heteroatoms. The van der Waals surface area contributed by atoms with Gasteiger partial charge in [0, 0.05) is 22.9 Å². The Morgan fingerprint density at radius 1 is 1.69 bits per heavy atom. The Hall–Kier alpha value is -0.0600. The molecule has 1 unspecified atom stereocenters. The van der Waals surface area contributed by atoms with Gasteiger partial charge in [-0.1, -0.05) is 25.6 Å². The molecule has 0 amide bonds. The van der Waals surface area contributed by atoms with Crippen LogP contribution in [0.1, 0.15) is 19.5 Å². The topological polar surface area (TPSA) is 24.9 Å². The average Bonchev–Trinajstić information content (AvgIpc) is 2.48. The number of aromatic nitrogens is 1. The van der Waals surface area contributed by atoms with Gasteiger partial charge in [-0.25, -0.2) is 4.98 Å². The fraction of sp³-hybridized carbons (Fsp3) is 0.667. The van der Waals surface area contributed by atoms with E-state index in [1.807, 2.05) is 18.7 Å². The van der Waals surface area contributed by atoms with Gasteiger partial charge in [0.25, 0.3) is 0 Å². The van der Waals surface area contributed by atoms with Crippen LogP contribution < -0.4 is 5.32 Å². The van der Waals surface area contributed by atoms with Gasteiger partial charge in [0.2, 0.25) is 0 Å². The largest absolute Gasteiger partial charge is 0.316 e. The van der Waals surface area contributed by atoms with Crippen molar-refractivity contribution in [1.82, 2.24) is 10.3 Å². The van der Waals surface area contributed by atoms with E-state index in [0.717, 1.165) is 18.8 Å². The van der Waals surface area contributed by atoms with Gasteiger partial charge in [-0.2, -0.15) is 0 Å². The molecule has 1 rings (SSSR count). The van der Waals surface area contributed by atoms with Crippen LogP contribution in [0.3, 0.4) is 0 Å². The lowest BCUT2D eigenvalue weighted by Gasteiger charge is -2.08. The highest BCUT2D eigenvalue weighted by atomic mass is 32.2. The van der Waals surface area contributed by atoms with Gasteiger partial charge in [0.15, 0.2) is 0 Å². The van der Waals surface area contributed by atoms with Gasteiger partial charge in [-0.05, 0) is 13.5 Å². The second kappa shape index (κ2) is 5.62. The fourth-order valence-corrected chi connectivity index (χ4v) is 3.07. The van der Waals surface area contributed by atoms with E-state index >= 15 is 0 Å². The lowest BCUT2D eigenvalue weighted by Crippen LogP contribution is -2.21. The lowest BCUT2D eigenvalue weighted by molar-refractivity contribution is 0.712. The number of thioether (sulfide) groups is 1. The third kappa shape index (κ3) is 4.11. The van der Waals surface area contributed by atoms with Crippen molar-refractivity contribution in [3.63, 3.8) is 0 Å². The van der Waals surface area contributed by atoms with Crippen molar-refractivity contribution in [2.24, 2.45) is 0 Å². The molecule has 0 aliphatic rings. The van der Waals surface area contributed by atoms with E-state index < -0.39 is 0 Å². The number of thiazole rings is 1. The molecule has 1 aromatic rings. The zero-order valence-corrected chi connectivity index (χ0v) is 9.97. The second-order valence-electron chi connectivity index (χ2n) is 2.99. The molecule has 0 aliphatic carbocycles.